The molecular weight excluding hydrogens is 386 g/mol. The lowest BCUT2D eigenvalue weighted by Crippen LogP contribution is -2.29. The summed E-state index contributed by atoms with van der Waals surface area (Å²) in [5.74, 6) is 0.785. The summed E-state index contributed by atoms with van der Waals surface area (Å²) in [5.41, 5.74) is -0.135. The van der Waals surface area contributed by atoms with Crippen molar-refractivity contribution in [2.24, 2.45) is 0 Å². The molecule has 1 aliphatic rings. The molecule has 0 N–H and O–H groups in total. The second-order valence-electron chi connectivity index (χ2n) is 6.53. The number of aromatic nitrogens is 3. The SMILES string of the molecule is CN(C)S(=O)(=O)c1cn(-c2nccs2)c2nc(N3CCCC3)ccc2c1=O. The number of thiazole rings is 1. The van der Waals surface area contributed by atoms with E-state index in [-0.39, 0.29) is 10.3 Å². The molecule has 0 amide bonds. The van der Waals surface area contributed by atoms with E-state index in [0.29, 0.717) is 10.8 Å². The van der Waals surface area contributed by atoms with Crippen LogP contribution >= 0.6 is 11.3 Å². The van der Waals surface area contributed by atoms with Gasteiger partial charge in [0, 0.05) is 45.0 Å². The molecule has 1 aliphatic heterocycles. The molecule has 0 unspecified atom stereocenters. The van der Waals surface area contributed by atoms with Crippen LogP contribution in [-0.4, -0.2) is 54.4 Å². The summed E-state index contributed by atoms with van der Waals surface area (Å²) in [6, 6.07) is 3.45. The smallest absolute Gasteiger partial charge is 0.247 e. The number of anilines is 1. The van der Waals surface area contributed by atoms with E-state index >= 15 is 0 Å². The predicted octanol–water partition coefficient (Wildman–Crippen LogP) is 1.69. The Morgan fingerprint density at radius 3 is 2.56 bits per heavy atom. The summed E-state index contributed by atoms with van der Waals surface area (Å²) in [5, 5.41) is 2.61. The first kappa shape index (κ1) is 18.1. The minimum atomic E-state index is -3.90. The van der Waals surface area contributed by atoms with Crippen molar-refractivity contribution in [1.29, 1.82) is 0 Å². The topological polar surface area (TPSA) is 88.4 Å². The number of pyridine rings is 2. The van der Waals surface area contributed by atoms with Crippen LogP contribution in [0.3, 0.4) is 0 Å². The average molecular weight is 406 g/mol. The summed E-state index contributed by atoms with van der Waals surface area (Å²) in [4.78, 5) is 23.8. The number of rotatable bonds is 4. The normalized spacial score (nSPS) is 15.1. The fraction of sp³-hybridized carbons (Fsp3) is 0.353. The van der Waals surface area contributed by atoms with Crippen LogP contribution < -0.4 is 10.3 Å². The standard InChI is InChI=1S/C17H19N5O3S2/c1-20(2)27(24,25)13-11-22(17-18-7-10-26-17)16-12(15(13)23)5-6-14(19-16)21-8-3-4-9-21/h5-7,10-11H,3-4,8-9H2,1-2H3. The minimum absolute atomic E-state index is 0.260. The van der Waals surface area contributed by atoms with Gasteiger partial charge in [-0.1, -0.05) is 0 Å². The molecule has 1 fully saturated rings. The zero-order valence-corrected chi connectivity index (χ0v) is 16.6. The molecule has 0 aliphatic carbocycles. The molecule has 10 heteroatoms. The molecule has 142 valence electrons. The highest BCUT2D eigenvalue weighted by atomic mass is 32.2. The molecule has 4 heterocycles. The van der Waals surface area contributed by atoms with E-state index in [9.17, 15) is 13.2 Å². The van der Waals surface area contributed by atoms with E-state index in [1.807, 2.05) is 0 Å². The Morgan fingerprint density at radius 2 is 1.93 bits per heavy atom. The summed E-state index contributed by atoms with van der Waals surface area (Å²) in [6.45, 7) is 1.85. The maximum Gasteiger partial charge on any atom is 0.247 e. The van der Waals surface area contributed by atoms with Gasteiger partial charge in [0.1, 0.15) is 10.7 Å². The maximum atomic E-state index is 12.9. The number of sulfonamides is 1. The monoisotopic (exact) mass is 405 g/mol. The number of nitrogens with zero attached hydrogens (tertiary/aromatic N) is 5. The van der Waals surface area contributed by atoms with Crippen LogP contribution in [0.5, 0.6) is 0 Å². The van der Waals surface area contributed by atoms with Gasteiger partial charge in [-0.15, -0.1) is 11.3 Å². The minimum Gasteiger partial charge on any atom is -0.357 e. The number of hydrogen-bond donors (Lipinski definition) is 0. The summed E-state index contributed by atoms with van der Waals surface area (Å²) >= 11 is 1.35. The summed E-state index contributed by atoms with van der Waals surface area (Å²) in [6.07, 6.45) is 5.19. The fourth-order valence-electron chi connectivity index (χ4n) is 3.15. The van der Waals surface area contributed by atoms with Gasteiger partial charge < -0.3 is 4.90 Å². The number of fused-ring (bicyclic) bond motifs is 1. The van der Waals surface area contributed by atoms with Gasteiger partial charge in [-0.25, -0.2) is 22.7 Å². The Balaban J connectivity index is 2.03. The third kappa shape index (κ3) is 3.03. The van der Waals surface area contributed by atoms with Crippen LogP contribution in [0.15, 0.2) is 39.6 Å². The molecule has 3 aromatic rings. The highest BCUT2D eigenvalue weighted by molar-refractivity contribution is 7.89. The van der Waals surface area contributed by atoms with Crippen molar-refractivity contribution in [3.8, 4) is 5.13 Å². The molecule has 4 rings (SSSR count). The van der Waals surface area contributed by atoms with E-state index in [1.165, 1.54) is 31.6 Å². The van der Waals surface area contributed by atoms with E-state index in [2.05, 4.69) is 14.9 Å². The summed E-state index contributed by atoms with van der Waals surface area (Å²) < 4.78 is 28.0. The second kappa shape index (κ2) is 6.70. The number of hydrogen-bond acceptors (Lipinski definition) is 7. The van der Waals surface area contributed by atoms with Gasteiger partial charge in [0.2, 0.25) is 15.5 Å². The van der Waals surface area contributed by atoms with E-state index in [4.69, 9.17) is 0 Å². The first-order valence-electron chi connectivity index (χ1n) is 8.53. The lowest BCUT2D eigenvalue weighted by atomic mass is 10.2. The van der Waals surface area contributed by atoms with Crippen molar-refractivity contribution >= 4 is 38.2 Å². The molecule has 1 saturated heterocycles. The molecule has 0 spiro atoms. The van der Waals surface area contributed by atoms with Gasteiger partial charge in [0.05, 0.1) is 5.39 Å². The van der Waals surface area contributed by atoms with Crippen molar-refractivity contribution < 1.29 is 8.42 Å². The zero-order valence-electron chi connectivity index (χ0n) is 15.0. The first-order valence-corrected chi connectivity index (χ1v) is 10.9. The van der Waals surface area contributed by atoms with Gasteiger partial charge in [-0.2, -0.15) is 0 Å². The van der Waals surface area contributed by atoms with Gasteiger partial charge in [0.25, 0.3) is 0 Å². The first-order chi connectivity index (χ1) is 12.9. The largest absolute Gasteiger partial charge is 0.357 e. The van der Waals surface area contributed by atoms with Gasteiger partial charge in [-0.05, 0) is 25.0 Å². The van der Waals surface area contributed by atoms with E-state index < -0.39 is 15.5 Å². The van der Waals surface area contributed by atoms with Crippen LogP contribution in [0.2, 0.25) is 0 Å². The highest BCUT2D eigenvalue weighted by Gasteiger charge is 2.25. The zero-order chi connectivity index (χ0) is 19.2. The van der Waals surface area contributed by atoms with Gasteiger partial charge in [0.15, 0.2) is 10.8 Å². The molecule has 0 aromatic carbocycles. The van der Waals surface area contributed by atoms with Crippen LogP contribution in [-0.2, 0) is 10.0 Å². The summed E-state index contributed by atoms with van der Waals surface area (Å²) in [7, 11) is -1.09. The third-order valence-corrected chi connectivity index (χ3v) is 7.20. The van der Waals surface area contributed by atoms with Crippen molar-refractivity contribution in [2.75, 3.05) is 32.1 Å². The van der Waals surface area contributed by atoms with E-state index in [0.717, 1.165) is 36.1 Å². The molecule has 8 nitrogen and oxygen atoms in total. The van der Waals surface area contributed by atoms with Crippen molar-refractivity contribution in [3.05, 3.63) is 40.1 Å². The average Bonchev–Trinajstić information content (AvgIpc) is 3.35. The Kier molecular flexibility index (Phi) is 4.49. The Labute approximate surface area is 160 Å². The van der Waals surface area contributed by atoms with Gasteiger partial charge in [-0.3, -0.25) is 9.36 Å². The molecule has 27 heavy (non-hydrogen) atoms. The molecule has 3 aromatic heterocycles. The quantitative estimate of drug-likeness (QED) is 0.656. The lowest BCUT2D eigenvalue weighted by molar-refractivity contribution is 0.519. The fourth-order valence-corrected chi connectivity index (χ4v) is 4.75. The van der Waals surface area contributed by atoms with Crippen LogP contribution in [0.4, 0.5) is 5.82 Å². The predicted molar refractivity (Wildman–Crippen MR) is 105 cm³/mol. The Morgan fingerprint density at radius 1 is 1.19 bits per heavy atom. The van der Waals surface area contributed by atoms with Crippen molar-refractivity contribution in [2.45, 2.75) is 17.7 Å². The van der Waals surface area contributed by atoms with Crippen LogP contribution in [0, 0.1) is 0 Å². The lowest BCUT2D eigenvalue weighted by Gasteiger charge is -2.18. The van der Waals surface area contributed by atoms with E-state index in [1.54, 1.807) is 28.3 Å². The van der Waals surface area contributed by atoms with Crippen molar-refractivity contribution in [3.63, 3.8) is 0 Å². The maximum absolute atomic E-state index is 12.9. The van der Waals surface area contributed by atoms with Crippen LogP contribution in [0.1, 0.15) is 12.8 Å². The molecule has 0 atom stereocenters. The molecular formula is C17H19N5O3S2. The van der Waals surface area contributed by atoms with Crippen LogP contribution in [0.25, 0.3) is 16.2 Å². The van der Waals surface area contributed by atoms with Gasteiger partial charge >= 0.3 is 0 Å². The molecule has 0 bridgehead atoms. The Hall–Kier alpha value is -2.30. The highest BCUT2D eigenvalue weighted by Crippen LogP contribution is 2.24. The second-order valence-corrected chi connectivity index (χ2v) is 9.52. The Bertz CT molecular complexity index is 1150. The molecule has 0 saturated carbocycles. The van der Waals surface area contributed by atoms with Crippen molar-refractivity contribution in [1.82, 2.24) is 18.8 Å². The third-order valence-electron chi connectivity index (χ3n) is 4.62. The molecule has 0 radical (unpaired) electrons.